The number of para-hydroxylation sites is 1. The first kappa shape index (κ1) is 16.6. The molecule has 4 nitrogen and oxygen atoms in total. The summed E-state index contributed by atoms with van der Waals surface area (Å²) < 4.78 is 3.82. The maximum Gasteiger partial charge on any atom is 0.276 e. The topological polar surface area (TPSA) is 30.2 Å². The minimum atomic E-state index is 0.143. The van der Waals surface area contributed by atoms with Crippen LogP contribution in [0.1, 0.15) is 49.8 Å². The van der Waals surface area contributed by atoms with Crippen molar-refractivity contribution in [3.63, 3.8) is 0 Å². The second-order valence-corrected chi connectivity index (χ2v) is 7.76. The molecule has 1 aromatic carbocycles. The average Bonchev–Trinajstić information content (AvgIpc) is 2.86. The predicted octanol–water partition coefficient (Wildman–Crippen LogP) is 3.64. The minimum absolute atomic E-state index is 0.143. The molecular weight excluding hydrogens is 310 g/mol. The normalized spacial score (nSPS) is 24.2. The van der Waals surface area contributed by atoms with E-state index in [-0.39, 0.29) is 5.56 Å². The molecule has 0 unspecified atom stereocenters. The molecule has 134 valence electrons. The van der Waals surface area contributed by atoms with Crippen LogP contribution in [0.25, 0.3) is 5.69 Å². The zero-order valence-electron chi connectivity index (χ0n) is 15.4. The van der Waals surface area contributed by atoms with Crippen LogP contribution in [-0.4, -0.2) is 26.9 Å². The fourth-order valence-electron chi connectivity index (χ4n) is 4.93. The predicted molar refractivity (Wildman–Crippen MR) is 101 cm³/mol. The van der Waals surface area contributed by atoms with Gasteiger partial charge in [0, 0.05) is 25.3 Å². The minimum Gasteiger partial charge on any atom is -0.296 e. The van der Waals surface area contributed by atoms with Crippen LogP contribution in [0.15, 0.2) is 35.1 Å². The van der Waals surface area contributed by atoms with Gasteiger partial charge in [-0.25, -0.2) is 4.68 Å². The molecule has 2 fully saturated rings. The molecule has 0 amide bonds. The molecule has 2 heterocycles. The number of hydrogen-bond acceptors (Lipinski definition) is 2. The molecule has 1 saturated heterocycles. The van der Waals surface area contributed by atoms with Crippen LogP contribution in [0, 0.1) is 12.8 Å². The smallest absolute Gasteiger partial charge is 0.276 e. The molecule has 4 heteroatoms. The van der Waals surface area contributed by atoms with Crippen molar-refractivity contribution >= 4 is 0 Å². The standard InChI is InChI=1S/C21H29N3O/c1-16-19(15-23-14-8-10-17-9-6-7-13-20(17)23)21(25)24(22(16)2)18-11-4-3-5-12-18/h3-5,11-12,17,20H,6-10,13-15H2,1-2H3/t17-,20+/m1/s1. The van der Waals surface area contributed by atoms with E-state index < -0.39 is 0 Å². The monoisotopic (exact) mass is 339 g/mol. The Balaban J connectivity index is 1.66. The Morgan fingerprint density at radius 3 is 2.56 bits per heavy atom. The average molecular weight is 339 g/mol. The summed E-state index contributed by atoms with van der Waals surface area (Å²) in [7, 11) is 1.99. The molecule has 0 N–H and O–H groups in total. The van der Waals surface area contributed by atoms with Crippen molar-refractivity contribution in [2.45, 2.75) is 58.0 Å². The number of benzene rings is 1. The van der Waals surface area contributed by atoms with Gasteiger partial charge in [-0.3, -0.25) is 14.4 Å². The molecule has 1 aliphatic heterocycles. The lowest BCUT2D eigenvalue weighted by Crippen LogP contribution is -2.46. The van der Waals surface area contributed by atoms with E-state index in [9.17, 15) is 4.79 Å². The molecule has 2 aliphatic rings. The van der Waals surface area contributed by atoms with Crippen molar-refractivity contribution in [2.24, 2.45) is 13.0 Å². The zero-order valence-corrected chi connectivity index (χ0v) is 15.4. The van der Waals surface area contributed by atoms with E-state index in [1.807, 2.05) is 46.7 Å². The van der Waals surface area contributed by atoms with Crippen LogP contribution in [0.5, 0.6) is 0 Å². The largest absolute Gasteiger partial charge is 0.296 e. The van der Waals surface area contributed by atoms with Gasteiger partial charge in [-0.15, -0.1) is 0 Å². The van der Waals surface area contributed by atoms with Gasteiger partial charge in [0.1, 0.15) is 0 Å². The lowest BCUT2D eigenvalue weighted by molar-refractivity contribution is 0.0543. The van der Waals surface area contributed by atoms with Crippen molar-refractivity contribution in [1.82, 2.24) is 14.3 Å². The maximum atomic E-state index is 13.2. The second kappa shape index (κ2) is 6.83. The molecule has 1 saturated carbocycles. The van der Waals surface area contributed by atoms with Crippen LogP contribution in [-0.2, 0) is 13.6 Å². The quantitative estimate of drug-likeness (QED) is 0.855. The van der Waals surface area contributed by atoms with E-state index in [4.69, 9.17) is 0 Å². The summed E-state index contributed by atoms with van der Waals surface area (Å²) in [5.74, 6) is 0.850. The van der Waals surface area contributed by atoms with Gasteiger partial charge >= 0.3 is 0 Å². The third-order valence-electron chi connectivity index (χ3n) is 6.39. The van der Waals surface area contributed by atoms with Gasteiger partial charge in [-0.05, 0) is 57.2 Å². The van der Waals surface area contributed by atoms with Crippen LogP contribution >= 0.6 is 0 Å². The summed E-state index contributed by atoms with van der Waals surface area (Å²) in [6, 6.07) is 10.7. The summed E-state index contributed by atoms with van der Waals surface area (Å²) in [5.41, 5.74) is 3.15. The Labute approximate surface area is 150 Å². The summed E-state index contributed by atoms with van der Waals surface area (Å²) in [5, 5.41) is 0. The highest BCUT2D eigenvalue weighted by molar-refractivity contribution is 5.33. The first-order chi connectivity index (χ1) is 12.2. The third kappa shape index (κ3) is 2.97. The van der Waals surface area contributed by atoms with Crippen molar-refractivity contribution in [3.8, 4) is 5.69 Å². The number of likely N-dealkylation sites (tertiary alicyclic amines) is 1. The number of piperidine rings is 1. The van der Waals surface area contributed by atoms with E-state index in [1.165, 1.54) is 38.5 Å². The zero-order chi connectivity index (χ0) is 17.4. The fraction of sp³-hybridized carbons (Fsp3) is 0.571. The van der Waals surface area contributed by atoms with Crippen LogP contribution in [0.2, 0.25) is 0 Å². The lowest BCUT2D eigenvalue weighted by atomic mass is 9.78. The lowest BCUT2D eigenvalue weighted by Gasteiger charge is -2.44. The van der Waals surface area contributed by atoms with E-state index in [2.05, 4.69) is 11.8 Å². The number of rotatable bonds is 3. The van der Waals surface area contributed by atoms with Crippen LogP contribution < -0.4 is 5.56 Å². The Morgan fingerprint density at radius 2 is 1.76 bits per heavy atom. The first-order valence-corrected chi connectivity index (χ1v) is 9.74. The second-order valence-electron chi connectivity index (χ2n) is 7.76. The van der Waals surface area contributed by atoms with Crippen molar-refractivity contribution in [3.05, 3.63) is 51.9 Å². The Kier molecular flexibility index (Phi) is 4.55. The van der Waals surface area contributed by atoms with E-state index in [1.54, 1.807) is 0 Å². The first-order valence-electron chi connectivity index (χ1n) is 9.74. The summed E-state index contributed by atoms with van der Waals surface area (Å²) in [4.78, 5) is 15.8. The number of nitrogens with zero attached hydrogens (tertiary/aromatic N) is 3. The van der Waals surface area contributed by atoms with Crippen molar-refractivity contribution in [1.29, 1.82) is 0 Å². The molecule has 1 aliphatic carbocycles. The van der Waals surface area contributed by atoms with Crippen LogP contribution in [0.3, 0.4) is 0 Å². The van der Waals surface area contributed by atoms with E-state index in [0.29, 0.717) is 6.04 Å². The third-order valence-corrected chi connectivity index (χ3v) is 6.39. The molecule has 0 radical (unpaired) electrons. The summed E-state index contributed by atoms with van der Waals surface area (Å²) in [6.07, 6.45) is 8.08. The van der Waals surface area contributed by atoms with Gasteiger partial charge in [-0.2, -0.15) is 0 Å². The van der Waals surface area contributed by atoms with Gasteiger partial charge in [-0.1, -0.05) is 31.0 Å². The molecule has 4 rings (SSSR count). The maximum absolute atomic E-state index is 13.2. The molecule has 0 bridgehead atoms. The molecule has 1 aromatic heterocycles. The van der Waals surface area contributed by atoms with Gasteiger partial charge in [0.25, 0.3) is 5.56 Å². The number of hydrogen-bond donors (Lipinski definition) is 0. The van der Waals surface area contributed by atoms with Crippen molar-refractivity contribution in [2.75, 3.05) is 6.54 Å². The number of aromatic nitrogens is 2. The Hall–Kier alpha value is -1.81. The van der Waals surface area contributed by atoms with Gasteiger partial charge in [0.05, 0.1) is 11.3 Å². The highest BCUT2D eigenvalue weighted by Crippen LogP contribution is 2.35. The van der Waals surface area contributed by atoms with Crippen molar-refractivity contribution < 1.29 is 0 Å². The van der Waals surface area contributed by atoms with Gasteiger partial charge in [0.2, 0.25) is 0 Å². The highest BCUT2D eigenvalue weighted by Gasteiger charge is 2.34. The van der Waals surface area contributed by atoms with Crippen LogP contribution in [0.4, 0.5) is 0 Å². The van der Waals surface area contributed by atoms with E-state index in [0.717, 1.165) is 36.0 Å². The highest BCUT2D eigenvalue weighted by atomic mass is 16.1. The Bertz CT molecular complexity index is 787. The summed E-state index contributed by atoms with van der Waals surface area (Å²) in [6.45, 7) is 4.03. The van der Waals surface area contributed by atoms with Gasteiger partial charge in [0.15, 0.2) is 0 Å². The number of fused-ring (bicyclic) bond motifs is 1. The molecule has 0 spiro atoms. The van der Waals surface area contributed by atoms with Gasteiger partial charge < -0.3 is 0 Å². The van der Waals surface area contributed by atoms with E-state index >= 15 is 0 Å². The fourth-order valence-corrected chi connectivity index (χ4v) is 4.93. The molecule has 25 heavy (non-hydrogen) atoms. The molecular formula is C21H29N3O. The Morgan fingerprint density at radius 1 is 1.04 bits per heavy atom. The SMILES string of the molecule is Cc1c(CN2CCC[C@H]3CCCC[C@@H]32)c(=O)n(-c2ccccc2)n1C. The molecule has 2 atom stereocenters. The molecule has 2 aromatic rings. The summed E-state index contributed by atoms with van der Waals surface area (Å²) >= 11 is 0.